The van der Waals surface area contributed by atoms with Gasteiger partial charge in [0.2, 0.25) is 11.8 Å². The van der Waals surface area contributed by atoms with E-state index in [2.05, 4.69) is 22.4 Å². The standard InChI is InChI=1S/C35H35Cl2FN6O2/c1-3-28(45)42-15-16-44(21(2)19-42)32-24-17-26(36)31(23-8-4-7-22-9-10-27(38)30(37)29(22)23)40-33(24)41-34(25(32)18-39)46-20-35-11-5-13-43(35)14-6-12-35/h3-4,7-10,17,21,24,33H,1,5-6,11-16,19-20H2,2H3/t21-,24?,33?/m0/s1. The van der Waals surface area contributed by atoms with E-state index in [0.29, 0.717) is 53.5 Å². The van der Waals surface area contributed by atoms with Gasteiger partial charge in [-0.2, -0.15) is 5.26 Å². The Bertz CT molecular complexity index is 1780. The molecule has 3 atom stereocenters. The summed E-state index contributed by atoms with van der Waals surface area (Å²) >= 11 is 13.5. The summed E-state index contributed by atoms with van der Waals surface area (Å²) in [5.41, 5.74) is 2.12. The number of nitrogens with zero attached hydrogens (tertiary/aromatic N) is 6. The molecule has 0 aromatic heterocycles. The third kappa shape index (κ3) is 5.11. The Morgan fingerprint density at radius 1 is 1.17 bits per heavy atom. The largest absolute Gasteiger partial charge is 0.475 e. The zero-order chi connectivity index (χ0) is 32.2. The van der Waals surface area contributed by atoms with Gasteiger partial charge in [0.15, 0.2) is 6.17 Å². The number of halogens is 3. The number of ether oxygens (including phenoxy) is 1. The molecule has 5 heterocycles. The highest BCUT2D eigenvalue weighted by Crippen LogP contribution is 2.42. The maximum atomic E-state index is 14.7. The molecule has 238 valence electrons. The number of fused-ring (bicyclic) bond motifs is 3. The van der Waals surface area contributed by atoms with Crippen molar-refractivity contribution in [2.75, 3.05) is 39.3 Å². The number of hydrogen-bond acceptors (Lipinski definition) is 7. The van der Waals surface area contributed by atoms with E-state index in [1.165, 1.54) is 12.1 Å². The van der Waals surface area contributed by atoms with Crippen molar-refractivity contribution in [2.24, 2.45) is 15.9 Å². The van der Waals surface area contributed by atoms with E-state index in [9.17, 15) is 14.4 Å². The van der Waals surface area contributed by atoms with Crippen LogP contribution >= 0.6 is 23.2 Å². The highest BCUT2D eigenvalue weighted by atomic mass is 35.5. The smallest absolute Gasteiger partial charge is 0.246 e. The van der Waals surface area contributed by atoms with E-state index in [4.69, 9.17) is 37.9 Å². The SMILES string of the molecule is C=CC(=O)N1CCN(C2=C(C#N)C(OCC34CCCN3CCC4)=NC3N=C(c4cccc5ccc(F)c(Cl)c45)C(Cl)=CC23)[C@@H](C)C1. The minimum absolute atomic E-state index is 0.00335. The first-order chi connectivity index (χ1) is 22.2. The van der Waals surface area contributed by atoms with E-state index >= 15 is 0 Å². The lowest BCUT2D eigenvalue weighted by Gasteiger charge is -2.46. The number of carbonyl (C=O) groups excluding carboxylic acids is 1. The number of rotatable bonds is 5. The van der Waals surface area contributed by atoms with E-state index in [0.717, 1.165) is 49.9 Å². The highest BCUT2D eigenvalue weighted by Gasteiger charge is 2.47. The van der Waals surface area contributed by atoms with Crippen molar-refractivity contribution in [1.29, 1.82) is 5.26 Å². The summed E-state index contributed by atoms with van der Waals surface area (Å²) in [5, 5.41) is 12.3. The second kappa shape index (κ2) is 12.1. The van der Waals surface area contributed by atoms with Gasteiger partial charge in [0, 0.05) is 42.3 Å². The first-order valence-corrected chi connectivity index (χ1v) is 16.6. The predicted octanol–water partition coefficient (Wildman–Crippen LogP) is 6.05. The molecule has 2 unspecified atom stereocenters. The van der Waals surface area contributed by atoms with Crippen LogP contribution in [-0.2, 0) is 9.53 Å². The Balaban J connectivity index is 1.31. The van der Waals surface area contributed by atoms with Crippen LogP contribution in [0, 0.1) is 23.1 Å². The van der Waals surface area contributed by atoms with Gasteiger partial charge < -0.3 is 14.5 Å². The minimum Gasteiger partial charge on any atom is -0.475 e. The zero-order valence-electron chi connectivity index (χ0n) is 25.7. The molecule has 8 nitrogen and oxygen atoms in total. The molecule has 3 fully saturated rings. The highest BCUT2D eigenvalue weighted by molar-refractivity contribution is 6.48. The lowest BCUT2D eigenvalue weighted by Crippen LogP contribution is -2.55. The fourth-order valence-corrected chi connectivity index (χ4v) is 8.51. The van der Waals surface area contributed by atoms with Gasteiger partial charge >= 0.3 is 0 Å². The summed E-state index contributed by atoms with van der Waals surface area (Å²) < 4.78 is 21.2. The van der Waals surface area contributed by atoms with Crippen LogP contribution in [0.1, 0.15) is 38.2 Å². The van der Waals surface area contributed by atoms with Crippen LogP contribution in [0.4, 0.5) is 4.39 Å². The summed E-state index contributed by atoms with van der Waals surface area (Å²) in [7, 11) is 0. The van der Waals surface area contributed by atoms with Crippen LogP contribution in [0.5, 0.6) is 0 Å². The zero-order valence-corrected chi connectivity index (χ0v) is 27.2. The average molecular weight is 662 g/mol. The van der Waals surface area contributed by atoms with Crippen LogP contribution in [0.3, 0.4) is 0 Å². The van der Waals surface area contributed by atoms with Crippen LogP contribution < -0.4 is 0 Å². The molecule has 0 spiro atoms. The molecule has 7 rings (SSSR count). The van der Waals surface area contributed by atoms with E-state index in [1.54, 1.807) is 11.0 Å². The molecule has 0 radical (unpaired) electrons. The van der Waals surface area contributed by atoms with Gasteiger partial charge in [-0.25, -0.2) is 9.38 Å². The Morgan fingerprint density at radius 2 is 1.96 bits per heavy atom. The molecule has 5 aliphatic rings. The maximum absolute atomic E-state index is 14.7. The van der Waals surface area contributed by atoms with Crippen molar-refractivity contribution < 1.29 is 13.9 Å². The Morgan fingerprint density at radius 3 is 2.67 bits per heavy atom. The fraction of sp³-hybridized carbons (Fsp3) is 0.429. The summed E-state index contributed by atoms with van der Waals surface area (Å²) in [5.74, 6) is -0.816. The number of nitriles is 1. The van der Waals surface area contributed by atoms with Gasteiger partial charge in [-0.3, -0.25) is 14.7 Å². The van der Waals surface area contributed by atoms with Gasteiger partial charge in [-0.05, 0) is 63.2 Å². The number of amides is 1. The topological polar surface area (TPSA) is 84.5 Å². The Kier molecular flexibility index (Phi) is 8.16. The van der Waals surface area contributed by atoms with Crippen molar-refractivity contribution >= 4 is 51.5 Å². The van der Waals surface area contributed by atoms with Gasteiger partial charge in [0.05, 0.1) is 27.2 Å². The fourth-order valence-electron chi connectivity index (χ4n) is 7.95. The van der Waals surface area contributed by atoms with E-state index < -0.39 is 17.9 Å². The first-order valence-electron chi connectivity index (χ1n) is 15.9. The molecular formula is C35H35Cl2FN6O2. The molecule has 3 saturated heterocycles. The van der Waals surface area contributed by atoms with Crippen molar-refractivity contribution in [3.8, 4) is 6.07 Å². The molecule has 2 aromatic carbocycles. The molecule has 0 N–H and O–H groups in total. The lowest BCUT2D eigenvalue weighted by atomic mass is 9.88. The third-order valence-corrected chi connectivity index (χ3v) is 10.9. The van der Waals surface area contributed by atoms with Gasteiger partial charge in [0.25, 0.3) is 0 Å². The Hall–Kier alpha value is -3.71. The van der Waals surface area contributed by atoms with E-state index in [1.807, 2.05) is 31.2 Å². The van der Waals surface area contributed by atoms with Crippen molar-refractivity contribution in [2.45, 2.75) is 50.4 Å². The number of hydrogen-bond donors (Lipinski definition) is 0. The molecule has 1 amide bonds. The minimum atomic E-state index is -0.678. The molecule has 2 aromatic rings. The summed E-state index contributed by atoms with van der Waals surface area (Å²) in [6.07, 6.45) is 6.91. The van der Waals surface area contributed by atoms with Crippen molar-refractivity contribution in [1.82, 2.24) is 14.7 Å². The molecule has 46 heavy (non-hydrogen) atoms. The summed E-state index contributed by atoms with van der Waals surface area (Å²) in [6.45, 7) is 9.71. The van der Waals surface area contributed by atoms with Crippen LogP contribution in [0.15, 0.2) is 75.4 Å². The second-order valence-electron chi connectivity index (χ2n) is 12.7. The van der Waals surface area contributed by atoms with E-state index in [-0.39, 0.29) is 28.4 Å². The van der Waals surface area contributed by atoms with Crippen LogP contribution in [-0.4, -0.2) is 89.3 Å². The molecule has 5 aliphatic heterocycles. The maximum Gasteiger partial charge on any atom is 0.246 e. The van der Waals surface area contributed by atoms with Gasteiger partial charge in [-0.1, -0.05) is 60.1 Å². The lowest BCUT2D eigenvalue weighted by molar-refractivity contribution is -0.128. The summed E-state index contributed by atoms with van der Waals surface area (Å²) in [4.78, 5) is 29.0. The molecule has 0 saturated carbocycles. The van der Waals surface area contributed by atoms with Crippen molar-refractivity contribution in [3.05, 3.63) is 81.8 Å². The summed E-state index contributed by atoms with van der Waals surface area (Å²) in [6, 6.07) is 10.9. The van der Waals surface area contributed by atoms with Crippen LogP contribution in [0.2, 0.25) is 5.02 Å². The third-order valence-electron chi connectivity index (χ3n) is 10.2. The normalized spacial score (nSPS) is 25.8. The van der Waals surface area contributed by atoms with Gasteiger partial charge in [0.1, 0.15) is 24.1 Å². The number of benzene rings is 2. The molecule has 0 bridgehead atoms. The monoisotopic (exact) mass is 660 g/mol. The molecular weight excluding hydrogens is 626 g/mol. The van der Waals surface area contributed by atoms with Gasteiger partial charge in [-0.15, -0.1) is 0 Å². The quantitative estimate of drug-likeness (QED) is 0.365. The number of allylic oxidation sites excluding steroid dienone is 1. The van der Waals surface area contributed by atoms with Crippen molar-refractivity contribution in [3.63, 3.8) is 0 Å². The number of aliphatic imine (C=N–C) groups is 2. The van der Waals surface area contributed by atoms with Crippen LogP contribution in [0.25, 0.3) is 10.8 Å². The molecule has 11 heteroatoms. The second-order valence-corrected chi connectivity index (χ2v) is 13.5. The average Bonchev–Trinajstić information content (AvgIpc) is 3.65. The molecule has 0 aliphatic carbocycles. The number of dihydropyridines is 2. The number of piperazine rings is 1. The Labute approximate surface area is 278 Å². The number of carbonyl (C=O) groups is 1. The predicted molar refractivity (Wildman–Crippen MR) is 178 cm³/mol. The first kappa shape index (κ1) is 30.9.